The molecular formula is C18H23FN4O2S. The highest BCUT2D eigenvalue weighted by Crippen LogP contribution is 2.21. The molecule has 2 aromatic rings. The Balaban J connectivity index is 1.59. The number of nitrogens with zero attached hydrogens (tertiary/aromatic N) is 3. The van der Waals surface area contributed by atoms with E-state index >= 15 is 0 Å². The van der Waals surface area contributed by atoms with Crippen LogP contribution in [0.2, 0.25) is 0 Å². The second-order valence-electron chi connectivity index (χ2n) is 6.37. The number of benzene rings is 1. The van der Waals surface area contributed by atoms with Gasteiger partial charge in [-0.05, 0) is 30.5 Å². The van der Waals surface area contributed by atoms with Crippen molar-refractivity contribution in [3.8, 4) is 0 Å². The minimum atomic E-state index is -0.254. The molecule has 1 saturated carbocycles. The maximum Gasteiger partial charge on any atom is 0.221 e. The number of methoxy groups -OCH3 is 1. The van der Waals surface area contributed by atoms with Gasteiger partial charge in [0.1, 0.15) is 11.6 Å². The lowest BCUT2D eigenvalue weighted by atomic mass is 10.1. The van der Waals surface area contributed by atoms with E-state index in [-0.39, 0.29) is 11.7 Å². The number of rotatable bonds is 10. The Morgan fingerprint density at radius 2 is 2.12 bits per heavy atom. The van der Waals surface area contributed by atoms with Crippen LogP contribution in [0.3, 0.4) is 0 Å². The number of nitrogens with one attached hydrogen (secondary N) is 1. The molecule has 0 saturated heterocycles. The molecule has 1 heterocycles. The molecule has 0 aliphatic heterocycles. The van der Waals surface area contributed by atoms with Gasteiger partial charge >= 0.3 is 0 Å². The predicted octanol–water partition coefficient (Wildman–Crippen LogP) is 2.39. The van der Waals surface area contributed by atoms with E-state index in [1.165, 1.54) is 23.7 Å². The Kier molecular flexibility index (Phi) is 6.51. The fourth-order valence-electron chi connectivity index (χ4n) is 2.50. The number of hydrogen-bond acceptors (Lipinski definition) is 6. The average molecular weight is 378 g/mol. The van der Waals surface area contributed by atoms with Crippen molar-refractivity contribution in [2.45, 2.75) is 31.7 Å². The van der Waals surface area contributed by atoms with Crippen LogP contribution >= 0.6 is 11.5 Å². The Morgan fingerprint density at radius 1 is 1.35 bits per heavy atom. The second kappa shape index (κ2) is 9.05. The molecule has 0 bridgehead atoms. The molecule has 0 radical (unpaired) electrons. The highest BCUT2D eigenvalue weighted by atomic mass is 32.1. The molecule has 1 aromatic heterocycles. The van der Waals surface area contributed by atoms with Crippen molar-refractivity contribution < 1.29 is 13.9 Å². The van der Waals surface area contributed by atoms with Gasteiger partial charge in [0, 0.05) is 50.6 Å². The lowest BCUT2D eigenvalue weighted by molar-refractivity contribution is -0.121. The van der Waals surface area contributed by atoms with Crippen LogP contribution in [0.15, 0.2) is 24.3 Å². The summed E-state index contributed by atoms with van der Waals surface area (Å²) in [4.78, 5) is 18.6. The summed E-state index contributed by atoms with van der Waals surface area (Å²) < 4.78 is 22.6. The van der Waals surface area contributed by atoms with E-state index in [4.69, 9.17) is 4.74 Å². The molecule has 140 valence electrons. The molecule has 1 N–H and O–H groups in total. The molecule has 0 atom stereocenters. The van der Waals surface area contributed by atoms with Gasteiger partial charge < -0.3 is 15.0 Å². The van der Waals surface area contributed by atoms with Crippen LogP contribution in [0, 0.1) is 5.82 Å². The van der Waals surface area contributed by atoms with Gasteiger partial charge in [-0.15, -0.1) is 0 Å². The summed E-state index contributed by atoms with van der Waals surface area (Å²) >= 11 is 1.31. The van der Waals surface area contributed by atoms with E-state index in [0.717, 1.165) is 23.5 Å². The summed E-state index contributed by atoms with van der Waals surface area (Å²) in [7, 11) is 1.65. The fraction of sp³-hybridized carbons (Fsp3) is 0.500. The molecule has 0 unspecified atom stereocenters. The summed E-state index contributed by atoms with van der Waals surface area (Å²) in [6.45, 7) is 1.78. The molecule has 3 rings (SSSR count). The van der Waals surface area contributed by atoms with Gasteiger partial charge in [-0.1, -0.05) is 12.1 Å². The van der Waals surface area contributed by atoms with E-state index in [0.29, 0.717) is 44.4 Å². The lowest BCUT2D eigenvalue weighted by Crippen LogP contribution is -2.33. The maximum atomic E-state index is 13.0. The summed E-state index contributed by atoms with van der Waals surface area (Å²) in [6.07, 6.45) is 3.15. The SMILES string of the molecule is COCCN(CCC(=O)NC1CC1)c1nc(Cc2ccc(F)cc2)ns1. The first-order valence-corrected chi connectivity index (χ1v) is 9.51. The van der Waals surface area contributed by atoms with Crippen molar-refractivity contribution in [1.29, 1.82) is 0 Å². The Morgan fingerprint density at radius 3 is 2.81 bits per heavy atom. The molecule has 0 spiro atoms. The molecule has 1 amide bonds. The van der Waals surface area contributed by atoms with Gasteiger partial charge in [0.05, 0.1) is 6.61 Å². The van der Waals surface area contributed by atoms with Crippen LogP contribution in [0.25, 0.3) is 0 Å². The van der Waals surface area contributed by atoms with E-state index in [1.54, 1.807) is 19.2 Å². The predicted molar refractivity (Wildman–Crippen MR) is 99.0 cm³/mol. The molecule has 6 nitrogen and oxygen atoms in total. The minimum absolute atomic E-state index is 0.0750. The van der Waals surface area contributed by atoms with Crippen molar-refractivity contribution in [1.82, 2.24) is 14.7 Å². The van der Waals surface area contributed by atoms with E-state index in [9.17, 15) is 9.18 Å². The van der Waals surface area contributed by atoms with E-state index in [1.807, 2.05) is 4.90 Å². The number of anilines is 1. The smallest absolute Gasteiger partial charge is 0.221 e. The molecule has 1 aliphatic carbocycles. The molecule has 8 heteroatoms. The first kappa shape index (κ1) is 18.7. The van der Waals surface area contributed by atoms with Gasteiger partial charge in [0.2, 0.25) is 11.0 Å². The van der Waals surface area contributed by atoms with Crippen LogP contribution in [-0.4, -0.2) is 48.1 Å². The highest BCUT2D eigenvalue weighted by Gasteiger charge is 2.23. The third-order valence-corrected chi connectivity index (χ3v) is 4.93. The molecular weight excluding hydrogens is 355 g/mol. The summed E-state index contributed by atoms with van der Waals surface area (Å²) in [5.41, 5.74) is 0.961. The number of carbonyl (C=O) groups is 1. The third kappa shape index (κ3) is 5.74. The number of halogens is 1. The van der Waals surface area contributed by atoms with E-state index in [2.05, 4.69) is 14.7 Å². The Labute approximate surface area is 156 Å². The number of aromatic nitrogens is 2. The van der Waals surface area contributed by atoms with Crippen LogP contribution in [-0.2, 0) is 16.0 Å². The third-order valence-electron chi connectivity index (χ3n) is 4.12. The number of carbonyl (C=O) groups excluding carboxylic acids is 1. The van der Waals surface area contributed by atoms with Crippen LogP contribution in [0.1, 0.15) is 30.7 Å². The van der Waals surface area contributed by atoms with Crippen molar-refractivity contribution >= 4 is 22.6 Å². The van der Waals surface area contributed by atoms with Crippen LogP contribution in [0.4, 0.5) is 9.52 Å². The zero-order chi connectivity index (χ0) is 18.4. The zero-order valence-electron chi connectivity index (χ0n) is 14.8. The standard InChI is InChI=1S/C18H23FN4O2S/c1-25-11-10-23(9-8-17(24)20-15-6-7-15)18-21-16(22-26-18)12-13-2-4-14(19)5-3-13/h2-5,15H,6-12H2,1H3,(H,20,24). The van der Waals surface area contributed by atoms with Gasteiger partial charge in [0.15, 0.2) is 0 Å². The highest BCUT2D eigenvalue weighted by molar-refractivity contribution is 7.09. The molecule has 1 aliphatic rings. The van der Waals surface area contributed by atoms with Crippen molar-refractivity contribution in [2.75, 3.05) is 31.7 Å². The van der Waals surface area contributed by atoms with Gasteiger partial charge in [0.25, 0.3) is 0 Å². The van der Waals surface area contributed by atoms with Gasteiger partial charge in [-0.25, -0.2) is 9.37 Å². The zero-order valence-corrected chi connectivity index (χ0v) is 15.6. The van der Waals surface area contributed by atoms with Crippen LogP contribution < -0.4 is 10.2 Å². The van der Waals surface area contributed by atoms with Crippen LogP contribution in [0.5, 0.6) is 0 Å². The molecule has 1 aromatic carbocycles. The minimum Gasteiger partial charge on any atom is -0.383 e. The van der Waals surface area contributed by atoms with Gasteiger partial charge in [-0.3, -0.25) is 4.79 Å². The van der Waals surface area contributed by atoms with Gasteiger partial charge in [-0.2, -0.15) is 4.37 Å². The van der Waals surface area contributed by atoms with E-state index < -0.39 is 0 Å². The Hall–Kier alpha value is -2.06. The quantitative estimate of drug-likeness (QED) is 0.688. The summed E-state index contributed by atoms with van der Waals surface area (Å²) in [6, 6.07) is 6.72. The first-order valence-electron chi connectivity index (χ1n) is 8.74. The first-order chi connectivity index (χ1) is 12.6. The summed E-state index contributed by atoms with van der Waals surface area (Å²) in [5.74, 6) is 0.517. The van der Waals surface area contributed by atoms with Crippen molar-refractivity contribution in [3.63, 3.8) is 0 Å². The summed E-state index contributed by atoms with van der Waals surface area (Å²) in [5, 5.41) is 3.78. The fourth-order valence-corrected chi connectivity index (χ4v) is 3.24. The average Bonchev–Trinajstić information content (AvgIpc) is 3.32. The molecule has 26 heavy (non-hydrogen) atoms. The maximum absolute atomic E-state index is 13.0. The Bertz CT molecular complexity index is 718. The number of amides is 1. The topological polar surface area (TPSA) is 67.3 Å². The second-order valence-corrected chi connectivity index (χ2v) is 7.10. The normalized spacial score (nSPS) is 13.6. The lowest BCUT2D eigenvalue weighted by Gasteiger charge is -2.20. The monoisotopic (exact) mass is 378 g/mol. The number of hydrogen-bond donors (Lipinski definition) is 1. The largest absolute Gasteiger partial charge is 0.383 e. The number of ether oxygens (including phenoxy) is 1. The van der Waals surface area contributed by atoms with Crippen molar-refractivity contribution in [2.24, 2.45) is 0 Å². The molecule has 1 fully saturated rings. The van der Waals surface area contributed by atoms with Crippen molar-refractivity contribution in [3.05, 3.63) is 41.5 Å².